The summed E-state index contributed by atoms with van der Waals surface area (Å²) in [6.07, 6.45) is 2.59. The van der Waals surface area contributed by atoms with Crippen LogP contribution in [0, 0.1) is 0 Å². The molecule has 2 aromatic rings. The summed E-state index contributed by atoms with van der Waals surface area (Å²) in [6.45, 7) is -0.0323. The van der Waals surface area contributed by atoms with Crippen LogP contribution in [0.1, 0.15) is 22.3 Å². The average molecular weight is 372 g/mol. The van der Waals surface area contributed by atoms with Crippen LogP contribution in [-0.2, 0) is 16.1 Å². The lowest BCUT2D eigenvalue weighted by molar-refractivity contribution is -0.143. The normalized spacial score (nSPS) is 16.1. The molecule has 1 aliphatic heterocycles. The number of rotatable bonds is 7. The molecule has 1 aliphatic rings. The van der Waals surface area contributed by atoms with E-state index in [-0.39, 0.29) is 19.3 Å². The molecule has 1 aromatic carbocycles. The van der Waals surface area contributed by atoms with E-state index in [1.807, 2.05) is 42.1 Å². The van der Waals surface area contributed by atoms with Gasteiger partial charge in [-0.25, -0.2) is 4.98 Å². The molecule has 0 bridgehead atoms. The van der Waals surface area contributed by atoms with Crippen molar-refractivity contribution in [3.05, 3.63) is 59.8 Å². The minimum absolute atomic E-state index is 0.0669. The van der Waals surface area contributed by atoms with Gasteiger partial charge in [0.2, 0.25) is 5.88 Å². The number of carbonyl (C=O) groups excluding carboxylic acids is 2. The first-order valence-corrected chi connectivity index (χ1v) is 9.55. The molecule has 1 N–H and O–H groups in total. The maximum absolute atomic E-state index is 12.4. The number of benzene rings is 1. The third-order valence-electron chi connectivity index (χ3n) is 3.82. The number of thioether (sulfide) groups is 1. The molecule has 0 saturated carbocycles. The van der Waals surface area contributed by atoms with Gasteiger partial charge in [0.15, 0.2) is 0 Å². The van der Waals surface area contributed by atoms with E-state index in [2.05, 4.69) is 10.3 Å². The molecule has 3 rings (SSSR count). The van der Waals surface area contributed by atoms with E-state index < -0.39 is 11.9 Å². The van der Waals surface area contributed by atoms with Gasteiger partial charge in [-0.1, -0.05) is 30.3 Å². The van der Waals surface area contributed by atoms with Crippen LogP contribution in [0.5, 0.6) is 5.88 Å². The molecule has 2 heterocycles. The number of carbonyl (C=O) groups is 2. The van der Waals surface area contributed by atoms with E-state index in [9.17, 15) is 9.59 Å². The highest BCUT2D eigenvalue weighted by Gasteiger charge is 2.21. The zero-order valence-corrected chi connectivity index (χ0v) is 15.0. The van der Waals surface area contributed by atoms with E-state index in [0.717, 1.165) is 23.5 Å². The summed E-state index contributed by atoms with van der Waals surface area (Å²) in [5.41, 5.74) is 1.21. The van der Waals surface area contributed by atoms with Crippen LogP contribution < -0.4 is 10.1 Å². The summed E-state index contributed by atoms with van der Waals surface area (Å²) >= 11 is 1.82. The van der Waals surface area contributed by atoms with Crippen LogP contribution in [0.3, 0.4) is 0 Å². The predicted molar refractivity (Wildman–Crippen MR) is 99.2 cm³/mol. The smallest absolute Gasteiger partial charge is 0.325 e. The third kappa shape index (κ3) is 5.23. The van der Waals surface area contributed by atoms with Crippen molar-refractivity contribution in [2.75, 3.05) is 18.1 Å². The molecule has 0 radical (unpaired) electrons. The van der Waals surface area contributed by atoms with Crippen molar-refractivity contribution in [3.8, 4) is 5.88 Å². The fourth-order valence-corrected chi connectivity index (χ4v) is 3.55. The maximum atomic E-state index is 12.4. The Kier molecular flexibility index (Phi) is 6.49. The molecule has 0 spiro atoms. The number of aromatic nitrogens is 1. The Morgan fingerprint density at radius 3 is 2.81 bits per heavy atom. The van der Waals surface area contributed by atoms with Crippen LogP contribution in [0.15, 0.2) is 48.7 Å². The number of amides is 1. The number of esters is 1. The lowest BCUT2D eigenvalue weighted by Crippen LogP contribution is -2.31. The summed E-state index contributed by atoms with van der Waals surface area (Å²) in [5, 5.41) is 2.56. The quantitative estimate of drug-likeness (QED) is 0.752. The van der Waals surface area contributed by atoms with Gasteiger partial charge in [0.25, 0.3) is 5.91 Å². The van der Waals surface area contributed by atoms with Gasteiger partial charge in [0.1, 0.15) is 24.8 Å². The van der Waals surface area contributed by atoms with Crippen LogP contribution in [-0.4, -0.2) is 41.0 Å². The predicted octanol–water partition coefficient (Wildman–Crippen LogP) is 2.44. The Bertz CT molecular complexity index is 748. The maximum Gasteiger partial charge on any atom is 0.325 e. The fourth-order valence-electron chi connectivity index (χ4n) is 2.46. The number of pyridine rings is 1. The Hall–Kier alpha value is -2.54. The first-order valence-electron chi connectivity index (χ1n) is 8.39. The molecule has 6 nitrogen and oxygen atoms in total. The van der Waals surface area contributed by atoms with Gasteiger partial charge in [0, 0.05) is 11.9 Å². The highest BCUT2D eigenvalue weighted by molar-refractivity contribution is 7.99. The van der Waals surface area contributed by atoms with Gasteiger partial charge in [-0.15, -0.1) is 0 Å². The molecule has 1 amide bonds. The first kappa shape index (κ1) is 18.3. The molecule has 26 heavy (non-hydrogen) atoms. The topological polar surface area (TPSA) is 77.5 Å². The second-order valence-corrected chi connectivity index (χ2v) is 6.94. The molecule has 1 aromatic heterocycles. The first-order chi connectivity index (χ1) is 12.7. The van der Waals surface area contributed by atoms with Crippen LogP contribution in [0.4, 0.5) is 0 Å². The molecule has 1 atom stereocenters. The lowest BCUT2D eigenvalue weighted by Gasteiger charge is -2.14. The number of hydrogen-bond donors (Lipinski definition) is 1. The van der Waals surface area contributed by atoms with E-state index >= 15 is 0 Å². The van der Waals surface area contributed by atoms with Gasteiger partial charge >= 0.3 is 5.97 Å². The Labute approximate surface area is 156 Å². The van der Waals surface area contributed by atoms with Gasteiger partial charge in [-0.2, -0.15) is 11.8 Å². The minimum atomic E-state index is -0.499. The molecule has 136 valence electrons. The van der Waals surface area contributed by atoms with Crippen LogP contribution in [0.2, 0.25) is 0 Å². The van der Waals surface area contributed by atoms with Crippen molar-refractivity contribution >= 4 is 23.6 Å². The average Bonchev–Trinajstić information content (AvgIpc) is 3.19. The van der Waals surface area contributed by atoms with E-state index in [1.165, 1.54) is 0 Å². The number of nitrogens with zero attached hydrogens (tertiary/aromatic N) is 1. The Morgan fingerprint density at radius 1 is 1.19 bits per heavy atom. The SMILES string of the molecule is O=C(CNC(=O)c1cccnc1OC1CCSC1)OCc1ccccc1. The van der Waals surface area contributed by atoms with Crippen molar-refractivity contribution in [2.24, 2.45) is 0 Å². The van der Waals surface area contributed by atoms with Crippen molar-refractivity contribution in [1.82, 2.24) is 10.3 Å². The van der Waals surface area contributed by atoms with Gasteiger partial charge in [0.05, 0.1) is 0 Å². The summed E-state index contributed by atoms with van der Waals surface area (Å²) in [5.74, 6) is 1.33. The molecule has 1 fully saturated rings. The van der Waals surface area contributed by atoms with Gasteiger partial charge in [-0.3, -0.25) is 9.59 Å². The second kappa shape index (κ2) is 9.24. The number of nitrogens with one attached hydrogen (secondary N) is 1. The molecule has 7 heteroatoms. The van der Waals surface area contributed by atoms with E-state index in [1.54, 1.807) is 18.3 Å². The number of ether oxygens (including phenoxy) is 2. The highest BCUT2D eigenvalue weighted by atomic mass is 32.2. The Balaban J connectivity index is 1.50. The van der Waals surface area contributed by atoms with Crippen molar-refractivity contribution in [2.45, 2.75) is 19.1 Å². The zero-order chi connectivity index (χ0) is 18.2. The van der Waals surface area contributed by atoms with Crippen LogP contribution in [0.25, 0.3) is 0 Å². The number of hydrogen-bond acceptors (Lipinski definition) is 6. The van der Waals surface area contributed by atoms with Gasteiger partial charge < -0.3 is 14.8 Å². The minimum Gasteiger partial charge on any atom is -0.473 e. The molecule has 1 saturated heterocycles. The Morgan fingerprint density at radius 2 is 2.04 bits per heavy atom. The fraction of sp³-hybridized carbons (Fsp3) is 0.316. The van der Waals surface area contributed by atoms with Crippen molar-refractivity contribution < 1.29 is 19.1 Å². The van der Waals surface area contributed by atoms with Crippen LogP contribution >= 0.6 is 11.8 Å². The van der Waals surface area contributed by atoms with Crippen molar-refractivity contribution in [1.29, 1.82) is 0 Å². The summed E-state index contributed by atoms with van der Waals surface area (Å²) < 4.78 is 11.0. The highest BCUT2D eigenvalue weighted by Crippen LogP contribution is 2.24. The largest absolute Gasteiger partial charge is 0.473 e. The van der Waals surface area contributed by atoms with E-state index in [4.69, 9.17) is 9.47 Å². The van der Waals surface area contributed by atoms with E-state index in [0.29, 0.717) is 11.4 Å². The standard InChI is InChI=1S/C19H20N2O4S/c22-17(24-12-14-5-2-1-3-6-14)11-21-18(23)16-7-4-9-20-19(16)25-15-8-10-26-13-15/h1-7,9,15H,8,10-13H2,(H,21,23). The zero-order valence-electron chi connectivity index (χ0n) is 14.2. The monoisotopic (exact) mass is 372 g/mol. The van der Waals surface area contributed by atoms with Gasteiger partial charge in [-0.05, 0) is 29.9 Å². The molecule has 0 aliphatic carbocycles. The third-order valence-corrected chi connectivity index (χ3v) is 4.95. The second-order valence-electron chi connectivity index (χ2n) is 5.79. The summed E-state index contributed by atoms with van der Waals surface area (Å²) in [7, 11) is 0. The summed E-state index contributed by atoms with van der Waals surface area (Å²) in [4.78, 5) is 28.4. The molecular formula is C19H20N2O4S. The lowest BCUT2D eigenvalue weighted by atomic mass is 10.2. The van der Waals surface area contributed by atoms with Crippen molar-refractivity contribution in [3.63, 3.8) is 0 Å². The molecule has 1 unspecified atom stereocenters. The summed E-state index contributed by atoms with van der Waals surface area (Å²) in [6, 6.07) is 12.7. The molecular weight excluding hydrogens is 352 g/mol.